The average Bonchev–Trinajstić information content (AvgIpc) is 3.44. The normalized spacial score (nSPS) is 17.3. The quantitative estimate of drug-likeness (QED) is 0.134. The Hall–Kier alpha value is -3.66. The van der Waals surface area contributed by atoms with Gasteiger partial charge in [0.05, 0.1) is 13.2 Å². The van der Waals surface area contributed by atoms with E-state index in [1.54, 1.807) is 0 Å². The van der Waals surface area contributed by atoms with Gasteiger partial charge in [-0.2, -0.15) is 0 Å². The Morgan fingerprint density at radius 3 is 2.42 bits per heavy atom. The summed E-state index contributed by atoms with van der Waals surface area (Å²) >= 11 is 7.23. The highest BCUT2D eigenvalue weighted by Crippen LogP contribution is 2.44. The summed E-state index contributed by atoms with van der Waals surface area (Å²) < 4.78 is 20.0. The Kier molecular flexibility index (Phi) is 11.3. The van der Waals surface area contributed by atoms with Crippen molar-refractivity contribution in [2.24, 2.45) is 4.99 Å². The predicted octanol–water partition coefficient (Wildman–Crippen LogP) is 7.23. The number of nitrogens with one attached hydrogen (secondary N) is 1. The molecule has 5 rings (SSSR count). The van der Waals surface area contributed by atoms with Crippen molar-refractivity contribution < 1.29 is 24.1 Å². The molecule has 0 saturated heterocycles. The van der Waals surface area contributed by atoms with E-state index in [2.05, 4.69) is 37.2 Å². The summed E-state index contributed by atoms with van der Waals surface area (Å²) in [6.45, 7) is 3.42. The number of aliphatic hydroxyl groups excluding tert-OH is 1. The van der Waals surface area contributed by atoms with E-state index in [1.807, 2.05) is 104 Å². The number of hydrogen-bond acceptors (Lipinski definition) is 6. The average molecular weight is 737 g/mol. The molecule has 0 aromatic heterocycles. The molecule has 4 aromatic rings. The maximum absolute atomic E-state index is 14.5. The van der Waals surface area contributed by atoms with Gasteiger partial charge in [-0.3, -0.25) is 4.79 Å². The summed E-state index contributed by atoms with van der Waals surface area (Å²) in [7, 11) is 0. The molecule has 1 amide bonds. The molecule has 0 unspecified atom stereocenters. The zero-order valence-electron chi connectivity index (χ0n) is 25.0. The van der Waals surface area contributed by atoms with E-state index in [0.29, 0.717) is 50.7 Å². The molecular formula is C36H36Br2N2O5. The molecular weight excluding hydrogens is 700 g/mol. The van der Waals surface area contributed by atoms with Crippen LogP contribution in [0.1, 0.15) is 41.7 Å². The van der Waals surface area contributed by atoms with Crippen molar-refractivity contribution in [3.63, 3.8) is 0 Å². The van der Waals surface area contributed by atoms with Crippen LogP contribution in [0.25, 0.3) is 0 Å². The lowest BCUT2D eigenvalue weighted by atomic mass is 9.82. The molecule has 234 valence electrons. The number of hydrogen-bond donors (Lipinski definition) is 2. The van der Waals surface area contributed by atoms with Crippen LogP contribution >= 0.6 is 31.9 Å². The van der Waals surface area contributed by atoms with Gasteiger partial charge in [-0.25, -0.2) is 4.99 Å². The highest BCUT2D eigenvalue weighted by molar-refractivity contribution is 9.10. The molecule has 45 heavy (non-hydrogen) atoms. The monoisotopic (exact) mass is 734 g/mol. The number of carbonyl (C=O) groups excluding carboxylic acids is 1. The number of aliphatic imine (C=N–C) groups is 1. The van der Waals surface area contributed by atoms with Crippen molar-refractivity contribution in [2.75, 3.05) is 26.4 Å². The predicted molar refractivity (Wildman–Crippen MR) is 183 cm³/mol. The van der Waals surface area contributed by atoms with Crippen LogP contribution in [0.4, 0.5) is 0 Å². The molecule has 2 atom stereocenters. The van der Waals surface area contributed by atoms with Gasteiger partial charge in [-0.1, -0.05) is 80.4 Å². The number of carbonyl (C=O) groups is 1. The van der Waals surface area contributed by atoms with E-state index in [0.717, 1.165) is 36.9 Å². The van der Waals surface area contributed by atoms with E-state index in [-0.39, 0.29) is 12.5 Å². The molecule has 2 N–H and O–H groups in total. The number of halogens is 2. The largest absolute Gasteiger partial charge is 0.494 e. The van der Waals surface area contributed by atoms with Crippen LogP contribution < -0.4 is 14.8 Å². The van der Waals surface area contributed by atoms with Crippen molar-refractivity contribution in [1.29, 1.82) is 0 Å². The third kappa shape index (κ3) is 7.95. The fourth-order valence-corrected chi connectivity index (χ4v) is 6.09. The van der Waals surface area contributed by atoms with Crippen LogP contribution in [0.3, 0.4) is 0 Å². The van der Waals surface area contributed by atoms with Crippen LogP contribution in [0.15, 0.2) is 111 Å². The molecule has 0 fully saturated rings. The topological polar surface area (TPSA) is 89.4 Å². The lowest BCUT2D eigenvalue weighted by Crippen LogP contribution is -2.50. The number of nitrogens with zero attached hydrogens (tertiary/aromatic N) is 1. The number of aliphatic hydroxyl groups is 1. The zero-order valence-corrected chi connectivity index (χ0v) is 28.2. The van der Waals surface area contributed by atoms with Crippen LogP contribution in [-0.2, 0) is 22.4 Å². The van der Waals surface area contributed by atoms with Crippen molar-refractivity contribution in [3.05, 3.63) is 128 Å². The summed E-state index contributed by atoms with van der Waals surface area (Å²) in [6.07, 6.45) is 0.767. The first kappa shape index (κ1) is 32.7. The fourth-order valence-electron chi connectivity index (χ4n) is 5.33. The highest BCUT2D eigenvalue weighted by Gasteiger charge is 2.53. The fraction of sp³-hybridized carbons (Fsp3) is 0.278. The Morgan fingerprint density at radius 1 is 0.956 bits per heavy atom. The lowest BCUT2D eigenvalue weighted by molar-refractivity contribution is -0.128. The van der Waals surface area contributed by atoms with Gasteiger partial charge in [0.1, 0.15) is 11.5 Å². The van der Waals surface area contributed by atoms with Crippen LogP contribution in [0, 0.1) is 0 Å². The Morgan fingerprint density at radius 2 is 1.69 bits per heavy atom. The van der Waals surface area contributed by atoms with Crippen LogP contribution in [0.2, 0.25) is 0 Å². The van der Waals surface area contributed by atoms with E-state index in [1.165, 1.54) is 0 Å². The van der Waals surface area contributed by atoms with Crippen molar-refractivity contribution >= 4 is 43.7 Å². The van der Waals surface area contributed by atoms with Gasteiger partial charge >= 0.3 is 0 Å². The number of rotatable bonds is 14. The highest BCUT2D eigenvalue weighted by atomic mass is 79.9. The van der Waals surface area contributed by atoms with Gasteiger partial charge in [-0.15, -0.1) is 0 Å². The molecule has 4 aromatic carbocycles. The van der Waals surface area contributed by atoms with Crippen molar-refractivity contribution in [3.8, 4) is 11.5 Å². The van der Waals surface area contributed by atoms with Gasteiger partial charge in [0.25, 0.3) is 5.91 Å². The second kappa shape index (κ2) is 15.6. The van der Waals surface area contributed by atoms with Crippen molar-refractivity contribution in [2.45, 2.75) is 37.8 Å². The molecule has 1 aliphatic heterocycles. The number of amides is 1. The summed E-state index contributed by atoms with van der Waals surface area (Å²) in [5.74, 6) is 1.66. The van der Waals surface area contributed by atoms with E-state index < -0.39 is 11.6 Å². The third-order valence-corrected chi connectivity index (χ3v) is 8.81. The van der Waals surface area contributed by atoms with Crippen molar-refractivity contribution in [1.82, 2.24) is 5.32 Å². The van der Waals surface area contributed by atoms with Gasteiger partial charge in [0.15, 0.2) is 11.6 Å². The standard InChI is InChI=1S/C36H36Br2N2O5/c1-2-43-32-11-6-3-8-26(32)20-21-39-35(42)36(24-25-12-16-28(37)17-13-25)33(30-9-4-5-10-31(30)38)45-34(40-36)27-14-18-29(19-15-27)44-23-7-22-41/h3-6,8-19,33,41H,2,7,20-24H2,1H3,(H,39,42)/t33-,36-/m1/s1. The van der Waals surface area contributed by atoms with Crippen LogP contribution in [0.5, 0.6) is 11.5 Å². The number of benzene rings is 4. The summed E-state index contributed by atoms with van der Waals surface area (Å²) in [4.78, 5) is 19.7. The van der Waals surface area contributed by atoms with E-state index in [4.69, 9.17) is 24.3 Å². The molecule has 0 bridgehead atoms. The molecule has 9 heteroatoms. The Balaban J connectivity index is 1.51. The molecule has 0 saturated carbocycles. The van der Waals surface area contributed by atoms with Gasteiger partial charge in [0, 0.05) is 46.1 Å². The smallest absolute Gasteiger partial charge is 0.252 e. The minimum absolute atomic E-state index is 0.0701. The van der Waals surface area contributed by atoms with E-state index in [9.17, 15) is 4.79 Å². The van der Waals surface area contributed by atoms with E-state index >= 15 is 0 Å². The minimum atomic E-state index is -1.30. The maximum atomic E-state index is 14.5. The first-order valence-electron chi connectivity index (χ1n) is 15.0. The molecule has 1 aliphatic rings. The van der Waals surface area contributed by atoms with Crippen LogP contribution in [-0.4, -0.2) is 48.8 Å². The summed E-state index contributed by atoms with van der Waals surface area (Å²) in [5, 5.41) is 12.3. The lowest BCUT2D eigenvalue weighted by Gasteiger charge is -2.31. The molecule has 0 spiro atoms. The zero-order chi connectivity index (χ0) is 31.6. The first-order chi connectivity index (χ1) is 21.9. The number of para-hydroxylation sites is 1. The molecule has 1 heterocycles. The second-order valence-corrected chi connectivity index (χ2v) is 12.4. The Bertz CT molecular complexity index is 1610. The number of ether oxygens (including phenoxy) is 3. The second-order valence-electron chi connectivity index (χ2n) is 10.7. The Labute approximate surface area is 280 Å². The minimum Gasteiger partial charge on any atom is -0.494 e. The van der Waals surface area contributed by atoms with Gasteiger partial charge < -0.3 is 24.6 Å². The maximum Gasteiger partial charge on any atom is 0.252 e. The molecule has 0 aliphatic carbocycles. The molecule has 0 radical (unpaired) electrons. The first-order valence-corrected chi connectivity index (χ1v) is 16.6. The van der Waals surface area contributed by atoms with Gasteiger partial charge in [0.2, 0.25) is 5.90 Å². The SMILES string of the molecule is CCOc1ccccc1CCNC(=O)[C@]1(Cc2ccc(Br)cc2)N=C(c2ccc(OCCCO)cc2)O[C@@H]1c1ccccc1Br. The summed E-state index contributed by atoms with van der Waals surface area (Å²) in [5.41, 5.74) is 2.24. The van der Waals surface area contributed by atoms with Gasteiger partial charge in [-0.05, 0) is 73.0 Å². The third-order valence-electron chi connectivity index (χ3n) is 7.56. The molecule has 7 nitrogen and oxygen atoms in total. The summed E-state index contributed by atoms with van der Waals surface area (Å²) in [6, 6.07) is 31.1.